The summed E-state index contributed by atoms with van der Waals surface area (Å²) >= 11 is 0. The molecule has 3 rings (SSSR count). The minimum absolute atomic E-state index is 0.116. The van der Waals surface area contributed by atoms with Crippen molar-refractivity contribution in [2.24, 2.45) is 11.8 Å². The summed E-state index contributed by atoms with van der Waals surface area (Å²) in [7, 11) is 0. The molecule has 5 heteroatoms. The maximum absolute atomic E-state index is 13.6. The summed E-state index contributed by atoms with van der Waals surface area (Å²) < 4.78 is 18.9. The lowest BCUT2D eigenvalue weighted by atomic mass is 9.82. The molecule has 0 aliphatic heterocycles. The molecule has 0 spiro atoms. The largest absolute Gasteiger partial charge is 0.448 e. The Bertz CT molecular complexity index is 667. The molecule has 1 aromatic heterocycles. The molecule has 4 nitrogen and oxygen atoms in total. The number of furan rings is 1. The van der Waals surface area contributed by atoms with Gasteiger partial charge in [0, 0.05) is 18.5 Å². The normalized spacial score (nSPS) is 21.9. The summed E-state index contributed by atoms with van der Waals surface area (Å²) in [5.74, 6) is 0.0814. The number of rotatable bonds is 4. The van der Waals surface area contributed by atoms with Crippen LogP contribution in [0, 0.1) is 17.7 Å². The molecule has 0 saturated heterocycles. The molecule has 1 amide bonds. The fourth-order valence-electron chi connectivity index (χ4n) is 3.22. The van der Waals surface area contributed by atoms with E-state index in [9.17, 15) is 14.3 Å². The molecule has 1 aromatic carbocycles. The first-order valence-corrected chi connectivity index (χ1v) is 7.74. The molecular formula is C17H20FNO3. The second kappa shape index (κ2) is 6.48. The highest BCUT2D eigenvalue weighted by atomic mass is 19.1. The Morgan fingerprint density at radius 1 is 1.36 bits per heavy atom. The van der Waals surface area contributed by atoms with E-state index >= 15 is 0 Å². The molecule has 1 heterocycles. The van der Waals surface area contributed by atoms with Gasteiger partial charge >= 0.3 is 0 Å². The van der Waals surface area contributed by atoms with Crippen molar-refractivity contribution in [3.8, 4) is 0 Å². The zero-order chi connectivity index (χ0) is 15.5. The number of amides is 1. The average molecular weight is 305 g/mol. The van der Waals surface area contributed by atoms with E-state index in [0.29, 0.717) is 23.8 Å². The van der Waals surface area contributed by atoms with Crippen molar-refractivity contribution in [3.63, 3.8) is 0 Å². The van der Waals surface area contributed by atoms with Crippen LogP contribution in [-0.2, 0) is 0 Å². The number of aliphatic hydroxyl groups excluding tert-OH is 1. The van der Waals surface area contributed by atoms with Crippen LogP contribution in [0.1, 0.15) is 36.2 Å². The second-order valence-corrected chi connectivity index (χ2v) is 6.06. The molecule has 0 bridgehead atoms. The third kappa shape index (κ3) is 3.14. The van der Waals surface area contributed by atoms with Gasteiger partial charge in [0.05, 0.1) is 0 Å². The van der Waals surface area contributed by atoms with E-state index in [0.717, 1.165) is 25.7 Å². The molecule has 118 valence electrons. The molecule has 0 radical (unpaired) electrons. The van der Waals surface area contributed by atoms with Gasteiger partial charge in [-0.15, -0.1) is 0 Å². The number of benzene rings is 1. The quantitative estimate of drug-likeness (QED) is 0.912. The molecule has 2 atom stereocenters. The molecule has 0 unspecified atom stereocenters. The Morgan fingerprint density at radius 2 is 2.18 bits per heavy atom. The van der Waals surface area contributed by atoms with Crippen molar-refractivity contribution in [2.45, 2.75) is 25.7 Å². The predicted molar refractivity (Wildman–Crippen MR) is 81.0 cm³/mol. The second-order valence-electron chi connectivity index (χ2n) is 6.06. The number of para-hydroxylation sites is 1. The van der Waals surface area contributed by atoms with E-state index in [-0.39, 0.29) is 23.9 Å². The van der Waals surface area contributed by atoms with E-state index in [1.165, 1.54) is 6.07 Å². The van der Waals surface area contributed by atoms with E-state index in [1.54, 1.807) is 18.2 Å². The Balaban J connectivity index is 1.62. The molecular weight excluding hydrogens is 285 g/mol. The van der Waals surface area contributed by atoms with Crippen LogP contribution in [0.3, 0.4) is 0 Å². The van der Waals surface area contributed by atoms with Gasteiger partial charge in [0.25, 0.3) is 5.91 Å². The maximum atomic E-state index is 13.6. The fourth-order valence-corrected chi connectivity index (χ4v) is 3.22. The monoisotopic (exact) mass is 305 g/mol. The van der Waals surface area contributed by atoms with Crippen LogP contribution in [0.2, 0.25) is 0 Å². The van der Waals surface area contributed by atoms with Crippen LogP contribution in [0.4, 0.5) is 4.39 Å². The van der Waals surface area contributed by atoms with Gasteiger partial charge in [-0.3, -0.25) is 4.79 Å². The molecule has 2 aromatic rings. The van der Waals surface area contributed by atoms with Crippen molar-refractivity contribution >= 4 is 16.9 Å². The predicted octanol–water partition coefficient (Wildman–Crippen LogP) is 3.10. The first kappa shape index (κ1) is 15.0. The van der Waals surface area contributed by atoms with E-state index in [1.807, 2.05) is 0 Å². The highest BCUT2D eigenvalue weighted by Gasteiger charge is 2.22. The Morgan fingerprint density at radius 3 is 2.95 bits per heavy atom. The highest BCUT2D eigenvalue weighted by Crippen LogP contribution is 2.28. The summed E-state index contributed by atoms with van der Waals surface area (Å²) in [6.45, 7) is 0.780. The number of hydrogen-bond donors (Lipinski definition) is 2. The van der Waals surface area contributed by atoms with Gasteiger partial charge in [-0.2, -0.15) is 0 Å². The number of nitrogens with one attached hydrogen (secondary N) is 1. The summed E-state index contributed by atoms with van der Waals surface area (Å²) in [5.41, 5.74) is 0.116. The number of halogens is 1. The fraction of sp³-hybridized carbons (Fsp3) is 0.471. The number of carbonyl (C=O) groups is 1. The number of aliphatic hydroxyl groups is 1. The molecule has 22 heavy (non-hydrogen) atoms. The molecule has 1 aliphatic rings. The van der Waals surface area contributed by atoms with Crippen LogP contribution in [0.5, 0.6) is 0 Å². The minimum Gasteiger partial charge on any atom is -0.448 e. The van der Waals surface area contributed by atoms with Gasteiger partial charge in [-0.05, 0) is 43.2 Å². The van der Waals surface area contributed by atoms with Gasteiger partial charge < -0.3 is 14.8 Å². The summed E-state index contributed by atoms with van der Waals surface area (Å²) in [6, 6.07) is 6.17. The highest BCUT2D eigenvalue weighted by molar-refractivity contribution is 5.96. The van der Waals surface area contributed by atoms with Gasteiger partial charge in [-0.1, -0.05) is 18.6 Å². The van der Waals surface area contributed by atoms with Crippen LogP contribution in [0.15, 0.2) is 28.7 Å². The average Bonchev–Trinajstić information content (AvgIpc) is 2.98. The van der Waals surface area contributed by atoms with Crippen LogP contribution < -0.4 is 5.32 Å². The Hall–Kier alpha value is -1.88. The third-order valence-corrected chi connectivity index (χ3v) is 4.42. The van der Waals surface area contributed by atoms with Crippen LogP contribution in [0.25, 0.3) is 11.0 Å². The number of fused-ring (bicyclic) bond motifs is 1. The Kier molecular flexibility index (Phi) is 4.43. The van der Waals surface area contributed by atoms with Crippen molar-refractivity contribution < 1.29 is 18.7 Å². The maximum Gasteiger partial charge on any atom is 0.287 e. The van der Waals surface area contributed by atoms with Crippen molar-refractivity contribution in [3.05, 3.63) is 35.8 Å². The van der Waals surface area contributed by atoms with Gasteiger partial charge in [-0.25, -0.2) is 4.39 Å². The van der Waals surface area contributed by atoms with E-state index in [4.69, 9.17) is 4.42 Å². The summed E-state index contributed by atoms with van der Waals surface area (Å²) in [6.07, 6.45) is 4.14. The molecule has 1 aliphatic carbocycles. The van der Waals surface area contributed by atoms with Gasteiger partial charge in [0.2, 0.25) is 0 Å². The lowest BCUT2D eigenvalue weighted by Gasteiger charge is -2.27. The first-order chi connectivity index (χ1) is 10.7. The van der Waals surface area contributed by atoms with Crippen LogP contribution >= 0.6 is 0 Å². The zero-order valence-electron chi connectivity index (χ0n) is 12.3. The van der Waals surface area contributed by atoms with E-state index < -0.39 is 5.82 Å². The first-order valence-electron chi connectivity index (χ1n) is 7.74. The third-order valence-electron chi connectivity index (χ3n) is 4.42. The van der Waals surface area contributed by atoms with Crippen molar-refractivity contribution in [2.75, 3.05) is 13.2 Å². The van der Waals surface area contributed by atoms with E-state index in [2.05, 4.69) is 5.32 Å². The Labute approximate surface area is 128 Å². The number of carbonyl (C=O) groups excluding carboxylic acids is 1. The smallest absolute Gasteiger partial charge is 0.287 e. The molecule has 2 N–H and O–H groups in total. The standard InChI is InChI=1S/C17H20FNO3/c18-14-6-2-5-13-8-15(22-16(13)14)17(21)19-9-11-3-1-4-12(7-11)10-20/h2,5-6,8,11-12,20H,1,3-4,7,9-10H2,(H,19,21)/t11-,12+/m0/s1. The SMILES string of the molecule is O=C(NC[C@H]1CCC[C@@H](CO)C1)c1cc2cccc(F)c2o1. The molecule has 1 fully saturated rings. The summed E-state index contributed by atoms with van der Waals surface area (Å²) in [5, 5.41) is 12.7. The van der Waals surface area contributed by atoms with Crippen molar-refractivity contribution in [1.82, 2.24) is 5.32 Å². The summed E-state index contributed by atoms with van der Waals surface area (Å²) in [4.78, 5) is 12.1. The van der Waals surface area contributed by atoms with Crippen LogP contribution in [-0.4, -0.2) is 24.2 Å². The lowest BCUT2D eigenvalue weighted by Crippen LogP contribution is -2.32. The molecule has 1 saturated carbocycles. The topological polar surface area (TPSA) is 62.5 Å². The van der Waals surface area contributed by atoms with Gasteiger partial charge in [0.15, 0.2) is 17.2 Å². The zero-order valence-corrected chi connectivity index (χ0v) is 12.3. The minimum atomic E-state index is -0.463. The lowest BCUT2D eigenvalue weighted by molar-refractivity contribution is 0.0909. The number of hydrogen-bond acceptors (Lipinski definition) is 3. The van der Waals surface area contributed by atoms with Crippen molar-refractivity contribution in [1.29, 1.82) is 0 Å². The van der Waals surface area contributed by atoms with Gasteiger partial charge in [0.1, 0.15) is 0 Å².